The van der Waals surface area contributed by atoms with Crippen molar-refractivity contribution in [1.82, 2.24) is 25.1 Å². The van der Waals surface area contributed by atoms with Crippen LogP contribution in [0.2, 0.25) is 0 Å². The summed E-state index contributed by atoms with van der Waals surface area (Å²) in [4.78, 5) is 38.1. The third kappa shape index (κ3) is 3.92. The van der Waals surface area contributed by atoms with Crippen LogP contribution in [0.4, 0.5) is 0 Å². The van der Waals surface area contributed by atoms with Crippen LogP contribution in [0.1, 0.15) is 20.8 Å². The Balaban J connectivity index is 1.04. The summed E-state index contributed by atoms with van der Waals surface area (Å²) in [6.07, 6.45) is 0. The van der Waals surface area contributed by atoms with Gasteiger partial charge in [-0.3, -0.25) is 14.5 Å². The highest BCUT2D eigenvalue weighted by molar-refractivity contribution is 7.21. The smallest absolute Gasteiger partial charge is 0.271 e. The lowest BCUT2D eigenvalue weighted by molar-refractivity contribution is -0.00943. The zero-order chi connectivity index (χ0) is 22.4. The number of nitrogens with one attached hydrogen (secondary N) is 1. The van der Waals surface area contributed by atoms with Crippen molar-refractivity contribution in [3.8, 4) is 10.6 Å². The zero-order valence-electron chi connectivity index (χ0n) is 17.7. The summed E-state index contributed by atoms with van der Waals surface area (Å²) in [5.41, 5.74) is 4.86. The van der Waals surface area contributed by atoms with E-state index in [9.17, 15) is 9.59 Å². The number of carbonyl (C=O) groups is 2. The Bertz CT molecular complexity index is 1310. The number of carbonyl (C=O) groups excluding carboxylic acids is 2. The van der Waals surface area contributed by atoms with Gasteiger partial charge < -0.3 is 10.2 Å². The molecule has 6 rings (SSSR count). The van der Waals surface area contributed by atoms with Gasteiger partial charge in [-0.05, 0) is 18.2 Å². The second-order valence-electron chi connectivity index (χ2n) is 8.43. The molecule has 2 aromatic heterocycles. The molecule has 2 aromatic carbocycles. The van der Waals surface area contributed by atoms with Crippen LogP contribution in [0.25, 0.3) is 20.8 Å². The van der Waals surface area contributed by atoms with Crippen molar-refractivity contribution in [1.29, 1.82) is 0 Å². The second-order valence-corrected chi connectivity index (χ2v) is 10.2. The largest absolute Gasteiger partial charge is 0.345 e. The Morgan fingerprint density at radius 2 is 1.85 bits per heavy atom. The molecule has 1 N–H and O–H groups in total. The van der Waals surface area contributed by atoms with E-state index in [1.54, 1.807) is 22.2 Å². The van der Waals surface area contributed by atoms with E-state index in [4.69, 9.17) is 4.98 Å². The number of benzene rings is 2. The normalized spacial score (nSPS) is 17.0. The molecule has 9 heteroatoms. The van der Waals surface area contributed by atoms with Gasteiger partial charge in [-0.15, -0.1) is 22.7 Å². The van der Waals surface area contributed by atoms with Gasteiger partial charge in [0.1, 0.15) is 10.7 Å². The van der Waals surface area contributed by atoms with E-state index in [1.165, 1.54) is 11.3 Å². The number of fused-ring (bicyclic) bond motifs is 1. The highest BCUT2D eigenvalue weighted by atomic mass is 32.1. The predicted molar refractivity (Wildman–Crippen MR) is 130 cm³/mol. The van der Waals surface area contributed by atoms with Crippen LogP contribution in [0.3, 0.4) is 0 Å². The first-order valence-electron chi connectivity index (χ1n) is 10.8. The fourth-order valence-electron chi connectivity index (χ4n) is 4.28. The van der Waals surface area contributed by atoms with E-state index in [2.05, 4.69) is 27.3 Å². The first-order chi connectivity index (χ1) is 16.1. The maximum absolute atomic E-state index is 13.0. The second kappa shape index (κ2) is 8.33. The summed E-state index contributed by atoms with van der Waals surface area (Å²) in [6, 6.07) is 16.4. The molecule has 33 heavy (non-hydrogen) atoms. The van der Waals surface area contributed by atoms with E-state index >= 15 is 0 Å². The van der Waals surface area contributed by atoms with Crippen molar-refractivity contribution in [3.05, 3.63) is 70.7 Å². The molecule has 0 aliphatic carbocycles. The maximum atomic E-state index is 13.0. The topological polar surface area (TPSA) is 78.4 Å². The van der Waals surface area contributed by atoms with Gasteiger partial charge in [0.15, 0.2) is 0 Å². The standard InChI is InChI=1S/C24H21N5O2S2/c30-22(20-13-32-14-25-20)26-17-9-28(10-17)18-11-29(12-18)24(31)16-6-7-19-21(8-16)33-23(27-19)15-4-2-1-3-5-15/h1-8,13-14,17-18H,9-12H2,(H,26,30). The molecule has 0 bridgehead atoms. The molecule has 4 aromatic rings. The van der Waals surface area contributed by atoms with Gasteiger partial charge in [0, 0.05) is 48.7 Å². The number of likely N-dealkylation sites (tertiary alicyclic amines) is 2. The molecule has 2 aliphatic heterocycles. The number of aromatic nitrogens is 2. The molecule has 0 atom stereocenters. The average molecular weight is 476 g/mol. The SMILES string of the molecule is O=C(NC1CN(C2CN(C(=O)c3ccc4nc(-c5ccccc5)sc4c3)C2)C1)c1cscn1. The number of hydrogen-bond acceptors (Lipinski definition) is 7. The van der Waals surface area contributed by atoms with Gasteiger partial charge >= 0.3 is 0 Å². The summed E-state index contributed by atoms with van der Waals surface area (Å²) >= 11 is 3.03. The maximum Gasteiger partial charge on any atom is 0.271 e. The Kier molecular flexibility index (Phi) is 5.17. The van der Waals surface area contributed by atoms with Crippen LogP contribution in [0.5, 0.6) is 0 Å². The lowest BCUT2D eigenvalue weighted by atomic mass is 9.98. The highest BCUT2D eigenvalue weighted by Gasteiger charge is 2.41. The minimum absolute atomic E-state index is 0.0664. The molecule has 0 radical (unpaired) electrons. The summed E-state index contributed by atoms with van der Waals surface area (Å²) in [5, 5.41) is 5.74. The highest BCUT2D eigenvalue weighted by Crippen LogP contribution is 2.31. The number of thiazole rings is 2. The van der Waals surface area contributed by atoms with E-state index in [0.717, 1.165) is 47.0 Å². The van der Waals surface area contributed by atoms with Gasteiger partial charge in [-0.2, -0.15) is 0 Å². The molecule has 2 fully saturated rings. The number of amides is 2. The lowest BCUT2D eigenvalue weighted by Gasteiger charge is -2.51. The molecule has 2 aliphatic rings. The Morgan fingerprint density at radius 3 is 2.61 bits per heavy atom. The predicted octanol–water partition coefficient (Wildman–Crippen LogP) is 3.36. The van der Waals surface area contributed by atoms with Crippen LogP contribution in [0.15, 0.2) is 59.4 Å². The van der Waals surface area contributed by atoms with Gasteiger partial charge in [0.25, 0.3) is 11.8 Å². The fourth-order valence-corrected chi connectivity index (χ4v) is 5.83. The molecule has 7 nitrogen and oxygen atoms in total. The molecule has 2 amide bonds. The Labute approximate surface area is 198 Å². The fraction of sp³-hybridized carbons (Fsp3) is 0.250. The molecule has 4 heterocycles. The first kappa shape index (κ1) is 20.5. The molecule has 0 unspecified atom stereocenters. The van der Waals surface area contributed by atoms with Crippen LogP contribution >= 0.6 is 22.7 Å². The molecule has 166 valence electrons. The van der Waals surface area contributed by atoms with Crippen LogP contribution < -0.4 is 5.32 Å². The molecular formula is C24H21N5O2S2. The Morgan fingerprint density at radius 1 is 1.03 bits per heavy atom. The van der Waals surface area contributed by atoms with E-state index in [-0.39, 0.29) is 17.9 Å². The third-order valence-corrected chi connectivity index (χ3v) is 7.89. The third-order valence-electron chi connectivity index (χ3n) is 6.23. The number of hydrogen-bond donors (Lipinski definition) is 1. The van der Waals surface area contributed by atoms with E-state index < -0.39 is 0 Å². The molecule has 0 spiro atoms. The monoisotopic (exact) mass is 475 g/mol. The van der Waals surface area contributed by atoms with Crippen LogP contribution in [-0.4, -0.2) is 69.8 Å². The van der Waals surface area contributed by atoms with E-state index in [0.29, 0.717) is 17.3 Å². The zero-order valence-corrected chi connectivity index (χ0v) is 19.3. The first-order valence-corrected chi connectivity index (χ1v) is 12.6. The van der Waals surface area contributed by atoms with Gasteiger partial charge in [0.05, 0.1) is 21.8 Å². The summed E-state index contributed by atoms with van der Waals surface area (Å²) in [6.45, 7) is 3.08. The van der Waals surface area contributed by atoms with Crippen molar-refractivity contribution >= 4 is 44.7 Å². The molecule has 0 saturated carbocycles. The Hall–Kier alpha value is -3.14. The number of rotatable bonds is 5. The van der Waals surface area contributed by atoms with Gasteiger partial charge in [0.2, 0.25) is 0 Å². The van der Waals surface area contributed by atoms with Gasteiger partial charge in [-0.1, -0.05) is 30.3 Å². The van der Waals surface area contributed by atoms with Crippen molar-refractivity contribution < 1.29 is 9.59 Å². The quantitative estimate of drug-likeness (QED) is 0.479. The lowest BCUT2D eigenvalue weighted by Crippen LogP contribution is -2.70. The van der Waals surface area contributed by atoms with Crippen LogP contribution in [0, 0.1) is 0 Å². The minimum Gasteiger partial charge on any atom is -0.345 e. The number of nitrogens with zero attached hydrogens (tertiary/aromatic N) is 4. The van der Waals surface area contributed by atoms with E-state index in [1.807, 2.05) is 41.3 Å². The molecule has 2 saturated heterocycles. The summed E-state index contributed by atoms with van der Waals surface area (Å²) in [7, 11) is 0. The van der Waals surface area contributed by atoms with Crippen LogP contribution in [-0.2, 0) is 0 Å². The van der Waals surface area contributed by atoms with Crippen molar-refractivity contribution in [2.45, 2.75) is 12.1 Å². The van der Waals surface area contributed by atoms with Gasteiger partial charge in [-0.25, -0.2) is 9.97 Å². The molecular weight excluding hydrogens is 454 g/mol. The summed E-state index contributed by atoms with van der Waals surface area (Å²) < 4.78 is 1.03. The van der Waals surface area contributed by atoms with Crippen molar-refractivity contribution in [3.63, 3.8) is 0 Å². The average Bonchev–Trinajstić information content (AvgIpc) is 3.46. The van der Waals surface area contributed by atoms with Crippen molar-refractivity contribution in [2.75, 3.05) is 26.2 Å². The minimum atomic E-state index is -0.111. The van der Waals surface area contributed by atoms with Crippen molar-refractivity contribution in [2.24, 2.45) is 0 Å². The summed E-state index contributed by atoms with van der Waals surface area (Å²) in [5.74, 6) is -0.0445.